The fourth-order valence-corrected chi connectivity index (χ4v) is 5.29. The summed E-state index contributed by atoms with van der Waals surface area (Å²) in [7, 11) is 0. The Bertz CT molecular complexity index is 1090. The minimum absolute atomic E-state index is 0.0564. The molecule has 12 heteroatoms. The number of likely N-dealkylation sites (tertiary alicyclic amines) is 2. The second-order valence-electron chi connectivity index (χ2n) is 9.22. The van der Waals surface area contributed by atoms with Crippen molar-refractivity contribution in [2.45, 2.75) is 31.1 Å². The first-order valence-electron chi connectivity index (χ1n) is 11.5. The predicted octanol–water partition coefficient (Wildman–Crippen LogP) is 1.96. The molecule has 9 nitrogen and oxygen atoms in total. The smallest absolute Gasteiger partial charge is 0.475 e. The van der Waals surface area contributed by atoms with Gasteiger partial charge < -0.3 is 15.3 Å². The maximum absolute atomic E-state index is 12.7. The zero-order chi connectivity index (χ0) is 25.9. The van der Waals surface area contributed by atoms with Crippen LogP contribution in [0, 0.1) is 11.8 Å². The quantitative estimate of drug-likeness (QED) is 0.655. The van der Waals surface area contributed by atoms with Gasteiger partial charge in [0.25, 0.3) is 5.91 Å². The number of rotatable bonds is 3. The van der Waals surface area contributed by atoms with Gasteiger partial charge in [-0.2, -0.15) is 13.2 Å². The lowest BCUT2D eigenvalue weighted by molar-refractivity contribution is -0.192. The van der Waals surface area contributed by atoms with Crippen LogP contribution in [0.15, 0.2) is 48.9 Å². The van der Waals surface area contributed by atoms with Gasteiger partial charge >= 0.3 is 12.1 Å². The normalized spacial score (nSPS) is 23.0. The molecule has 1 spiro atoms. The average Bonchev–Trinajstić information content (AvgIpc) is 3.39. The van der Waals surface area contributed by atoms with E-state index in [0.717, 1.165) is 32.5 Å². The highest BCUT2D eigenvalue weighted by Gasteiger charge is 2.57. The van der Waals surface area contributed by atoms with Gasteiger partial charge in [0.2, 0.25) is 5.91 Å². The van der Waals surface area contributed by atoms with E-state index in [1.807, 2.05) is 11.0 Å². The molecule has 0 radical (unpaired) electrons. The van der Waals surface area contributed by atoms with E-state index in [9.17, 15) is 22.8 Å². The Kier molecular flexibility index (Phi) is 7.25. The standard InChI is InChI=1S/C22H25N5O2.C2HF3O2/c28-20-17-14-26(13-16-4-2-1-3-5-16)15-18(17)22(25-20)6-10-27(11-7-22)21(29)19-12-23-8-9-24-19;3-2(4,5)1(6)7/h1-5,8-9,12,17-18H,6-7,10-11,13-15H2,(H,25,28);(H,6,7)/t17-,18+;/m1./s1. The zero-order valence-corrected chi connectivity index (χ0v) is 19.3. The van der Waals surface area contributed by atoms with Crippen molar-refractivity contribution in [3.8, 4) is 0 Å². The van der Waals surface area contributed by atoms with Crippen LogP contribution >= 0.6 is 0 Å². The van der Waals surface area contributed by atoms with Crippen LogP contribution in [0.3, 0.4) is 0 Å². The van der Waals surface area contributed by atoms with Gasteiger partial charge in [-0.1, -0.05) is 30.3 Å². The van der Waals surface area contributed by atoms with Gasteiger partial charge in [-0.3, -0.25) is 19.5 Å². The number of amides is 2. The van der Waals surface area contributed by atoms with Crippen molar-refractivity contribution in [3.05, 3.63) is 60.2 Å². The van der Waals surface area contributed by atoms with Crippen molar-refractivity contribution in [1.82, 2.24) is 25.1 Å². The van der Waals surface area contributed by atoms with E-state index in [-0.39, 0.29) is 23.3 Å². The van der Waals surface area contributed by atoms with Gasteiger partial charge in [-0.25, -0.2) is 9.78 Å². The summed E-state index contributed by atoms with van der Waals surface area (Å²) in [6, 6.07) is 10.4. The lowest BCUT2D eigenvalue weighted by Crippen LogP contribution is -2.56. The van der Waals surface area contributed by atoms with Crippen molar-refractivity contribution in [3.63, 3.8) is 0 Å². The van der Waals surface area contributed by atoms with Crippen LogP contribution in [0.5, 0.6) is 0 Å². The highest BCUT2D eigenvalue weighted by molar-refractivity contribution is 5.92. The summed E-state index contributed by atoms with van der Waals surface area (Å²) in [5.74, 6) is -2.29. The van der Waals surface area contributed by atoms with Gasteiger partial charge in [0.15, 0.2) is 0 Å². The number of alkyl halides is 3. The van der Waals surface area contributed by atoms with Crippen LogP contribution in [0.1, 0.15) is 28.9 Å². The maximum Gasteiger partial charge on any atom is 0.490 e. The topological polar surface area (TPSA) is 116 Å². The molecule has 3 fully saturated rings. The molecule has 192 valence electrons. The van der Waals surface area contributed by atoms with E-state index >= 15 is 0 Å². The fraction of sp³-hybridized carbons (Fsp3) is 0.458. The van der Waals surface area contributed by atoms with E-state index in [4.69, 9.17) is 9.90 Å². The van der Waals surface area contributed by atoms with E-state index in [2.05, 4.69) is 44.5 Å². The molecule has 2 N–H and O–H groups in total. The molecule has 1 aromatic carbocycles. The third-order valence-corrected chi connectivity index (χ3v) is 7.03. The second-order valence-corrected chi connectivity index (χ2v) is 9.22. The summed E-state index contributed by atoms with van der Waals surface area (Å²) in [5.41, 5.74) is 1.48. The molecule has 0 bridgehead atoms. The molecule has 2 aromatic rings. The van der Waals surface area contributed by atoms with Gasteiger partial charge in [0.05, 0.1) is 12.1 Å². The molecule has 0 unspecified atom stereocenters. The van der Waals surface area contributed by atoms with E-state index < -0.39 is 12.1 Å². The van der Waals surface area contributed by atoms with E-state index in [1.165, 1.54) is 11.8 Å². The number of aromatic nitrogens is 2. The summed E-state index contributed by atoms with van der Waals surface area (Å²) < 4.78 is 31.7. The summed E-state index contributed by atoms with van der Waals surface area (Å²) in [6.45, 7) is 3.90. The average molecular weight is 505 g/mol. The highest BCUT2D eigenvalue weighted by atomic mass is 19.4. The van der Waals surface area contributed by atoms with Crippen LogP contribution in [-0.4, -0.2) is 80.6 Å². The molecule has 2 atom stereocenters. The molecule has 4 heterocycles. The number of carboxylic acid groups (broad SMARTS) is 1. The minimum Gasteiger partial charge on any atom is -0.475 e. The molecule has 1 aromatic heterocycles. The number of nitrogens with zero attached hydrogens (tertiary/aromatic N) is 4. The van der Waals surface area contributed by atoms with Crippen LogP contribution in [-0.2, 0) is 16.1 Å². The third-order valence-electron chi connectivity index (χ3n) is 7.03. The van der Waals surface area contributed by atoms with Crippen molar-refractivity contribution in [2.75, 3.05) is 26.2 Å². The van der Waals surface area contributed by atoms with Gasteiger partial charge in [-0.15, -0.1) is 0 Å². The first-order chi connectivity index (χ1) is 17.1. The molecule has 3 saturated heterocycles. The number of carbonyl (C=O) groups is 3. The zero-order valence-electron chi connectivity index (χ0n) is 19.3. The molecule has 3 aliphatic rings. The number of fused-ring (bicyclic) bond motifs is 2. The highest BCUT2D eigenvalue weighted by Crippen LogP contribution is 2.44. The van der Waals surface area contributed by atoms with Crippen molar-refractivity contribution in [2.24, 2.45) is 11.8 Å². The number of halogens is 3. The monoisotopic (exact) mass is 505 g/mol. The van der Waals surface area contributed by atoms with Crippen LogP contribution in [0.2, 0.25) is 0 Å². The number of carbonyl (C=O) groups excluding carboxylic acids is 2. The maximum atomic E-state index is 12.7. The van der Waals surface area contributed by atoms with Gasteiger partial charge in [0.1, 0.15) is 5.69 Å². The summed E-state index contributed by atoms with van der Waals surface area (Å²) in [4.78, 5) is 46.7. The van der Waals surface area contributed by atoms with E-state index in [0.29, 0.717) is 24.7 Å². The van der Waals surface area contributed by atoms with Crippen LogP contribution in [0.4, 0.5) is 13.2 Å². The van der Waals surface area contributed by atoms with Crippen LogP contribution in [0.25, 0.3) is 0 Å². The number of hydrogen-bond acceptors (Lipinski definition) is 6. The van der Waals surface area contributed by atoms with Crippen molar-refractivity contribution >= 4 is 17.8 Å². The molecule has 0 saturated carbocycles. The SMILES string of the molecule is O=C(O)C(F)(F)F.O=C1NC2(CCN(C(=O)c3cnccn3)CC2)[C@H]2CN(Cc3ccccc3)C[C@@H]12. The first kappa shape index (κ1) is 25.5. The number of piperidine rings is 1. The number of benzene rings is 1. The van der Waals surface area contributed by atoms with E-state index in [1.54, 1.807) is 12.4 Å². The minimum atomic E-state index is -5.08. The summed E-state index contributed by atoms with van der Waals surface area (Å²) in [6.07, 6.45) is 1.13. The third kappa shape index (κ3) is 5.48. The number of nitrogens with one attached hydrogen (secondary N) is 1. The Balaban J connectivity index is 0.000000384. The lowest BCUT2D eigenvalue weighted by atomic mass is 9.75. The van der Waals surface area contributed by atoms with Gasteiger partial charge in [-0.05, 0) is 18.4 Å². The number of carboxylic acids is 1. The van der Waals surface area contributed by atoms with Crippen LogP contribution < -0.4 is 5.32 Å². The largest absolute Gasteiger partial charge is 0.490 e. The molecule has 36 heavy (non-hydrogen) atoms. The Morgan fingerprint density at radius 1 is 1.11 bits per heavy atom. The molecule has 0 aliphatic carbocycles. The number of aliphatic carboxylic acids is 1. The molecule has 5 rings (SSSR count). The van der Waals surface area contributed by atoms with Gasteiger partial charge in [0, 0.05) is 56.6 Å². The Hall–Kier alpha value is -3.54. The lowest BCUT2D eigenvalue weighted by Gasteiger charge is -2.42. The first-order valence-corrected chi connectivity index (χ1v) is 11.5. The fourth-order valence-electron chi connectivity index (χ4n) is 5.29. The Labute approximate surface area is 205 Å². The van der Waals surface area contributed by atoms with Crippen molar-refractivity contribution in [1.29, 1.82) is 0 Å². The predicted molar refractivity (Wildman–Crippen MR) is 120 cm³/mol. The second kappa shape index (κ2) is 10.2. The molecular formula is C24H26F3N5O4. The Morgan fingerprint density at radius 2 is 1.78 bits per heavy atom. The summed E-state index contributed by atoms with van der Waals surface area (Å²) in [5, 5.41) is 10.4. The van der Waals surface area contributed by atoms with Crippen molar-refractivity contribution < 1.29 is 32.7 Å². The Morgan fingerprint density at radius 3 is 2.36 bits per heavy atom. The molecule has 3 aliphatic heterocycles. The number of hydrogen-bond donors (Lipinski definition) is 2. The summed E-state index contributed by atoms with van der Waals surface area (Å²) >= 11 is 0. The molecule has 2 amide bonds. The molecular weight excluding hydrogens is 479 g/mol.